The molecule has 2 amide bonds. The molecule has 5 rings (SSSR count). The van der Waals surface area contributed by atoms with Crippen molar-refractivity contribution in [2.45, 2.75) is 43.4 Å². The van der Waals surface area contributed by atoms with Crippen LogP contribution in [-0.2, 0) is 22.9 Å². The van der Waals surface area contributed by atoms with Crippen LogP contribution in [0.1, 0.15) is 31.0 Å². The maximum Gasteiger partial charge on any atom is 0.419 e. The third-order valence-corrected chi connectivity index (χ3v) is 6.54. The van der Waals surface area contributed by atoms with Crippen molar-refractivity contribution in [3.63, 3.8) is 0 Å². The summed E-state index contributed by atoms with van der Waals surface area (Å²) >= 11 is 0. The summed E-state index contributed by atoms with van der Waals surface area (Å²) in [6.45, 7) is 4.78. The van der Waals surface area contributed by atoms with Gasteiger partial charge in [0.2, 0.25) is 0 Å². The maximum absolute atomic E-state index is 13.2. The number of halogens is 3. The summed E-state index contributed by atoms with van der Waals surface area (Å²) in [6.07, 6.45) is -1.65. The van der Waals surface area contributed by atoms with Gasteiger partial charge in [0.25, 0.3) is 0 Å². The third kappa shape index (κ3) is 3.31. The van der Waals surface area contributed by atoms with Gasteiger partial charge in [-0.1, -0.05) is 0 Å². The SMILES string of the molecule is CC1(NC(=O)N2CCC3(CCn4nc(-c5cnc(N)c(C(F)(F)F)c5)cc43)C2)COC1. The number of urea groups is 1. The Morgan fingerprint density at radius 1 is 1.26 bits per heavy atom. The van der Waals surface area contributed by atoms with E-state index < -0.39 is 17.6 Å². The van der Waals surface area contributed by atoms with E-state index in [1.807, 2.05) is 17.7 Å². The molecule has 0 saturated carbocycles. The van der Waals surface area contributed by atoms with Crippen molar-refractivity contribution in [3.8, 4) is 11.3 Å². The molecule has 0 aromatic carbocycles. The van der Waals surface area contributed by atoms with Crippen LogP contribution in [0, 0.1) is 0 Å². The van der Waals surface area contributed by atoms with Gasteiger partial charge in [0, 0.05) is 42.5 Å². The van der Waals surface area contributed by atoms with Crippen molar-refractivity contribution in [3.05, 3.63) is 29.6 Å². The minimum Gasteiger partial charge on any atom is -0.383 e. The number of aromatic nitrogens is 3. The van der Waals surface area contributed by atoms with Gasteiger partial charge in [0.1, 0.15) is 5.82 Å². The lowest BCUT2D eigenvalue weighted by Gasteiger charge is -2.39. The lowest BCUT2D eigenvalue weighted by atomic mass is 9.82. The van der Waals surface area contributed by atoms with Crippen molar-refractivity contribution in [2.75, 3.05) is 32.0 Å². The van der Waals surface area contributed by atoms with Crippen LogP contribution >= 0.6 is 0 Å². The van der Waals surface area contributed by atoms with Crippen LogP contribution in [0.2, 0.25) is 0 Å². The highest BCUT2D eigenvalue weighted by Gasteiger charge is 2.48. The summed E-state index contributed by atoms with van der Waals surface area (Å²) in [5, 5.41) is 7.55. The fourth-order valence-corrected chi connectivity index (χ4v) is 4.72. The predicted octanol–water partition coefficient (Wildman–Crippen LogP) is 2.39. The minimum absolute atomic E-state index is 0.113. The predicted molar refractivity (Wildman–Crippen MR) is 105 cm³/mol. The van der Waals surface area contributed by atoms with Crippen LogP contribution in [-0.4, -0.2) is 57.5 Å². The highest BCUT2D eigenvalue weighted by atomic mass is 19.4. The van der Waals surface area contributed by atoms with Crippen LogP contribution in [0.3, 0.4) is 0 Å². The van der Waals surface area contributed by atoms with E-state index in [0.29, 0.717) is 38.5 Å². The van der Waals surface area contributed by atoms with Gasteiger partial charge in [-0.15, -0.1) is 0 Å². The number of amides is 2. The van der Waals surface area contributed by atoms with Gasteiger partial charge in [-0.25, -0.2) is 9.78 Å². The molecule has 0 aliphatic carbocycles. The molecule has 31 heavy (non-hydrogen) atoms. The van der Waals surface area contributed by atoms with Gasteiger partial charge < -0.3 is 20.7 Å². The van der Waals surface area contributed by atoms with E-state index in [4.69, 9.17) is 10.5 Å². The van der Waals surface area contributed by atoms with E-state index >= 15 is 0 Å². The molecule has 2 aromatic rings. The number of carbonyl (C=O) groups is 1. The topological polar surface area (TPSA) is 98.3 Å². The van der Waals surface area contributed by atoms with Crippen LogP contribution < -0.4 is 11.1 Å². The molecule has 2 saturated heterocycles. The average molecular weight is 436 g/mol. The molecular formula is C20H23F3N6O2. The smallest absolute Gasteiger partial charge is 0.383 e. The van der Waals surface area contributed by atoms with Crippen LogP contribution in [0.15, 0.2) is 18.3 Å². The number of hydrogen-bond acceptors (Lipinski definition) is 5. The number of carbonyl (C=O) groups excluding carboxylic acids is 1. The van der Waals surface area contributed by atoms with Gasteiger partial charge in [0.05, 0.1) is 30.0 Å². The number of rotatable bonds is 2. The zero-order valence-corrected chi connectivity index (χ0v) is 17.0. The molecule has 2 fully saturated rings. The first-order valence-electron chi connectivity index (χ1n) is 10.1. The van der Waals surface area contributed by atoms with Crippen LogP contribution in [0.4, 0.5) is 23.8 Å². The van der Waals surface area contributed by atoms with Crippen LogP contribution in [0.5, 0.6) is 0 Å². The van der Waals surface area contributed by atoms with E-state index in [0.717, 1.165) is 24.6 Å². The molecule has 1 atom stereocenters. The highest BCUT2D eigenvalue weighted by molar-refractivity contribution is 5.76. The zero-order valence-electron chi connectivity index (χ0n) is 17.0. The second-order valence-electron chi connectivity index (χ2n) is 8.98. The molecule has 8 nitrogen and oxygen atoms in total. The molecule has 5 heterocycles. The standard InChI is InChI=1S/C20H23F3N6O2/c1-18(10-31-11-18)26-17(30)28-4-2-19(9-28)3-5-29-15(19)7-14(27-29)12-6-13(20(21,22)23)16(24)25-8-12/h6-8H,2-5,9-11H2,1H3,(H2,24,25)(H,26,30). The fourth-order valence-electron chi connectivity index (χ4n) is 4.72. The third-order valence-electron chi connectivity index (χ3n) is 6.54. The van der Waals surface area contributed by atoms with Gasteiger partial charge in [-0.05, 0) is 31.9 Å². The summed E-state index contributed by atoms with van der Waals surface area (Å²) in [5.41, 5.74) is 5.52. The summed E-state index contributed by atoms with van der Waals surface area (Å²) in [4.78, 5) is 18.2. The van der Waals surface area contributed by atoms with Gasteiger partial charge in [0.15, 0.2) is 0 Å². The molecule has 3 aliphatic rings. The maximum atomic E-state index is 13.2. The van der Waals surface area contributed by atoms with Crippen molar-refractivity contribution in [1.82, 2.24) is 25.0 Å². The second-order valence-corrected chi connectivity index (χ2v) is 8.98. The molecule has 1 spiro atoms. The average Bonchev–Trinajstić information content (AvgIpc) is 3.37. The molecule has 0 bridgehead atoms. The Labute approximate surface area is 176 Å². The molecule has 1 unspecified atom stereocenters. The molecule has 3 N–H and O–H groups in total. The molecule has 166 valence electrons. The number of anilines is 1. The number of nitrogens with one attached hydrogen (secondary N) is 1. The molecule has 11 heteroatoms. The Kier molecular flexibility index (Phi) is 4.27. The zero-order chi connectivity index (χ0) is 22.0. The van der Waals surface area contributed by atoms with E-state index in [-0.39, 0.29) is 22.5 Å². The number of likely N-dealkylation sites (tertiary alicyclic amines) is 1. The highest BCUT2D eigenvalue weighted by Crippen LogP contribution is 2.44. The number of nitrogens with zero attached hydrogens (tertiary/aromatic N) is 4. The Hall–Kier alpha value is -2.82. The monoisotopic (exact) mass is 436 g/mol. The van der Waals surface area contributed by atoms with E-state index in [9.17, 15) is 18.0 Å². The molecular weight excluding hydrogens is 413 g/mol. The number of aryl methyl sites for hydroxylation is 1. The molecule has 0 radical (unpaired) electrons. The summed E-state index contributed by atoms with van der Waals surface area (Å²) in [7, 11) is 0. The quantitative estimate of drug-likeness (QED) is 0.753. The van der Waals surface area contributed by atoms with Crippen molar-refractivity contribution >= 4 is 11.8 Å². The molecule has 3 aliphatic heterocycles. The van der Waals surface area contributed by atoms with E-state index in [1.165, 1.54) is 6.20 Å². The van der Waals surface area contributed by atoms with Crippen molar-refractivity contribution < 1.29 is 22.7 Å². The fraction of sp³-hybridized carbons (Fsp3) is 0.550. The van der Waals surface area contributed by atoms with Crippen LogP contribution in [0.25, 0.3) is 11.3 Å². The largest absolute Gasteiger partial charge is 0.419 e. The first-order valence-corrected chi connectivity index (χ1v) is 10.1. The number of pyridine rings is 1. The number of hydrogen-bond donors (Lipinski definition) is 2. The second kappa shape index (κ2) is 6.59. The van der Waals surface area contributed by atoms with Crippen molar-refractivity contribution in [1.29, 1.82) is 0 Å². The first-order chi connectivity index (χ1) is 14.6. The van der Waals surface area contributed by atoms with Gasteiger partial charge >= 0.3 is 12.2 Å². The normalized spacial score (nSPS) is 24.3. The summed E-state index contributed by atoms with van der Waals surface area (Å²) in [5.74, 6) is -0.553. The lowest BCUT2D eigenvalue weighted by molar-refractivity contribution is -0.137. The number of nitrogen functional groups attached to an aromatic ring is 1. The number of nitrogens with two attached hydrogens (primary N) is 1. The minimum atomic E-state index is -4.59. The Bertz CT molecular complexity index is 1050. The van der Waals surface area contributed by atoms with Crippen molar-refractivity contribution in [2.24, 2.45) is 0 Å². The van der Waals surface area contributed by atoms with E-state index in [1.54, 1.807) is 4.90 Å². The lowest BCUT2D eigenvalue weighted by Crippen LogP contribution is -2.62. The number of fused-ring (bicyclic) bond motifs is 2. The van der Waals surface area contributed by atoms with Gasteiger partial charge in [-0.3, -0.25) is 4.68 Å². The Morgan fingerprint density at radius 3 is 2.68 bits per heavy atom. The molecule has 2 aromatic heterocycles. The first kappa shape index (κ1) is 20.1. The number of alkyl halides is 3. The van der Waals surface area contributed by atoms with E-state index in [2.05, 4.69) is 15.4 Å². The Balaban J connectivity index is 1.38. The summed E-state index contributed by atoms with van der Waals surface area (Å²) in [6, 6.07) is 2.70. The summed E-state index contributed by atoms with van der Waals surface area (Å²) < 4.78 is 46.7. The number of ether oxygens (including phenoxy) is 1. The Morgan fingerprint density at radius 2 is 2.00 bits per heavy atom. The van der Waals surface area contributed by atoms with Gasteiger partial charge in [-0.2, -0.15) is 18.3 Å².